The van der Waals surface area contributed by atoms with E-state index in [0.29, 0.717) is 0 Å². The zero-order chi connectivity index (χ0) is 15.1. The molecule has 1 aromatic carbocycles. The lowest BCUT2D eigenvalue weighted by Gasteiger charge is -2.30. The summed E-state index contributed by atoms with van der Waals surface area (Å²) in [5.74, 6) is 0. The van der Waals surface area contributed by atoms with Gasteiger partial charge in [-0.15, -0.1) is 0 Å². The van der Waals surface area contributed by atoms with Gasteiger partial charge in [0.1, 0.15) is 0 Å². The predicted octanol–water partition coefficient (Wildman–Crippen LogP) is 3.04. The van der Waals surface area contributed by atoms with Gasteiger partial charge in [-0.25, -0.2) is 0 Å². The Morgan fingerprint density at radius 2 is 1.95 bits per heavy atom. The molecule has 0 aromatic heterocycles. The van der Waals surface area contributed by atoms with E-state index in [0.717, 1.165) is 39.0 Å². The highest BCUT2D eigenvalue weighted by Crippen LogP contribution is 2.25. The van der Waals surface area contributed by atoms with Crippen molar-refractivity contribution in [1.29, 1.82) is 0 Å². The summed E-state index contributed by atoms with van der Waals surface area (Å²) in [4.78, 5) is 0. The van der Waals surface area contributed by atoms with Crippen LogP contribution in [0, 0.1) is 0 Å². The molecule has 1 fully saturated rings. The van der Waals surface area contributed by atoms with E-state index < -0.39 is 10.8 Å². The monoisotopic (exact) mass is 309 g/mol. The van der Waals surface area contributed by atoms with Crippen LogP contribution in [0.5, 0.6) is 0 Å². The lowest BCUT2D eigenvalue weighted by molar-refractivity contribution is 0.0990. The minimum absolute atomic E-state index is 0.113. The van der Waals surface area contributed by atoms with Crippen molar-refractivity contribution in [3.05, 3.63) is 35.9 Å². The maximum atomic E-state index is 12.9. The minimum atomic E-state index is -0.828. The number of ether oxygens (including phenoxy) is 1. The van der Waals surface area contributed by atoms with Crippen LogP contribution in [0.3, 0.4) is 0 Å². The predicted molar refractivity (Wildman–Crippen MR) is 88.9 cm³/mol. The molecule has 1 aliphatic rings. The smallest absolute Gasteiger partial charge is 0.0517 e. The van der Waals surface area contributed by atoms with Crippen molar-refractivity contribution in [2.75, 3.05) is 19.8 Å². The molecule has 0 aliphatic carbocycles. The number of hydrogen-bond acceptors (Lipinski definition) is 3. The molecule has 1 saturated heterocycles. The summed E-state index contributed by atoms with van der Waals surface area (Å²) in [6.07, 6.45) is 2.93. The Labute approximate surface area is 130 Å². The minimum Gasteiger partial charge on any atom is -0.381 e. The highest BCUT2D eigenvalue weighted by molar-refractivity contribution is 7.86. The molecule has 3 atom stereocenters. The second-order valence-electron chi connectivity index (χ2n) is 5.69. The lowest BCUT2D eigenvalue weighted by Crippen LogP contribution is -2.38. The summed E-state index contributed by atoms with van der Waals surface area (Å²) >= 11 is 0. The summed E-state index contributed by atoms with van der Waals surface area (Å²) in [5, 5.41) is 3.98. The standard InChI is InChI=1S/C17H27NO2S/c1-3-11-18-17(15-7-5-4-6-8-15)14(2)21(19)16-9-12-20-13-10-16/h4-8,14,16-18H,3,9-13H2,1-2H3. The maximum Gasteiger partial charge on any atom is 0.0517 e. The van der Waals surface area contributed by atoms with E-state index in [4.69, 9.17) is 4.74 Å². The molecule has 0 radical (unpaired) electrons. The van der Waals surface area contributed by atoms with Gasteiger partial charge >= 0.3 is 0 Å². The van der Waals surface area contributed by atoms with E-state index in [1.54, 1.807) is 0 Å². The van der Waals surface area contributed by atoms with Crippen LogP contribution in [0.2, 0.25) is 0 Å². The van der Waals surface area contributed by atoms with E-state index in [9.17, 15) is 4.21 Å². The molecule has 1 N–H and O–H groups in total. The Bertz CT molecular complexity index is 432. The molecule has 3 nitrogen and oxygen atoms in total. The third-order valence-corrected chi connectivity index (χ3v) is 6.24. The fraction of sp³-hybridized carbons (Fsp3) is 0.647. The van der Waals surface area contributed by atoms with E-state index in [1.807, 2.05) is 6.07 Å². The molecule has 3 unspecified atom stereocenters. The van der Waals surface area contributed by atoms with Gasteiger partial charge in [0, 0.05) is 35.3 Å². The van der Waals surface area contributed by atoms with Crippen molar-refractivity contribution in [1.82, 2.24) is 5.32 Å². The quantitative estimate of drug-likeness (QED) is 0.841. The molecular formula is C17H27NO2S. The first-order valence-electron chi connectivity index (χ1n) is 7.99. The zero-order valence-electron chi connectivity index (χ0n) is 13.1. The Balaban J connectivity index is 2.09. The van der Waals surface area contributed by atoms with E-state index in [2.05, 4.69) is 43.4 Å². The second kappa shape index (κ2) is 8.66. The van der Waals surface area contributed by atoms with Crippen LogP contribution >= 0.6 is 0 Å². The fourth-order valence-electron chi connectivity index (χ4n) is 2.86. The maximum absolute atomic E-state index is 12.9. The summed E-state index contributed by atoms with van der Waals surface area (Å²) in [5.41, 5.74) is 1.24. The van der Waals surface area contributed by atoms with Crippen LogP contribution in [0.15, 0.2) is 30.3 Å². The zero-order valence-corrected chi connectivity index (χ0v) is 13.9. The van der Waals surface area contributed by atoms with Crippen LogP contribution in [-0.2, 0) is 15.5 Å². The Morgan fingerprint density at radius 1 is 1.29 bits per heavy atom. The van der Waals surface area contributed by atoms with Gasteiger partial charge in [-0.2, -0.15) is 0 Å². The Hall–Kier alpha value is -0.710. The average Bonchev–Trinajstić information content (AvgIpc) is 2.56. The van der Waals surface area contributed by atoms with Gasteiger partial charge in [-0.3, -0.25) is 4.21 Å². The van der Waals surface area contributed by atoms with Gasteiger partial charge in [0.25, 0.3) is 0 Å². The Kier molecular flexibility index (Phi) is 6.87. The fourth-order valence-corrected chi connectivity index (χ4v) is 4.65. The van der Waals surface area contributed by atoms with Crippen LogP contribution in [-0.4, -0.2) is 34.5 Å². The molecule has 0 saturated carbocycles. The highest BCUT2D eigenvalue weighted by atomic mass is 32.2. The molecular weight excluding hydrogens is 282 g/mol. The van der Waals surface area contributed by atoms with E-state index >= 15 is 0 Å². The molecule has 0 bridgehead atoms. The molecule has 1 heterocycles. The van der Waals surface area contributed by atoms with Crippen LogP contribution in [0.1, 0.15) is 44.7 Å². The van der Waals surface area contributed by atoms with Crippen molar-refractivity contribution in [3.8, 4) is 0 Å². The van der Waals surface area contributed by atoms with Gasteiger partial charge in [-0.05, 0) is 38.3 Å². The van der Waals surface area contributed by atoms with Crippen LogP contribution in [0.4, 0.5) is 0 Å². The molecule has 1 aromatic rings. The number of nitrogens with one attached hydrogen (secondary N) is 1. The normalized spacial score (nSPS) is 20.9. The third kappa shape index (κ3) is 4.63. The molecule has 21 heavy (non-hydrogen) atoms. The summed E-state index contributed by atoms with van der Waals surface area (Å²) < 4.78 is 18.3. The van der Waals surface area contributed by atoms with Gasteiger partial charge in [0.05, 0.1) is 5.25 Å². The number of rotatable bonds is 7. The first-order valence-corrected chi connectivity index (χ1v) is 9.27. The number of hydrogen-bond donors (Lipinski definition) is 1. The van der Waals surface area contributed by atoms with Crippen LogP contribution in [0.25, 0.3) is 0 Å². The van der Waals surface area contributed by atoms with Crippen LogP contribution < -0.4 is 5.32 Å². The van der Waals surface area contributed by atoms with E-state index in [1.165, 1.54) is 5.56 Å². The summed E-state index contributed by atoms with van der Waals surface area (Å²) in [6, 6.07) is 10.6. The topological polar surface area (TPSA) is 38.3 Å². The van der Waals surface area contributed by atoms with Gasteiger partial charge in [0.15, 0.2) is 0 Å². The first-order chi connectivity index (χ1) is 10.2. The van der Waals surface area contributed by atoms with Crippen molar-refractivity contribution in [2.45, 2.75) is 49.7 Å². The third-order valence-electron chi connectivity index (χ3n) is 4.11. The number of benzene rings is 1. The summed E-state index contributed by atoms with van der Waals surface area (Å²) in [7, 11) is -0.828. The van der Waals surface area contributed by atoms with Crippen molar-refractivity contribution in [2.24, 2.45) is 0 Å². The van der Waals surface area contributed by atoms with Crippen molar-refractivity contribution >= 4 is 10.8 Å². The first kappa shape index (κ1) is 16.7. The molecule has 4 heteroatoms. The summed E-state index contributed by atoms with van der Waals surface area (Å²) in [6.45, 7) is 6.74. The largest absolute Gasteiger partial charge is 0.381 e. The van der Waals surface area contributed by atoms with Gasteiger partial charge in [-0.1, -0.05) is 37.3 Å². The molecule has 118 valence electrons. The molecule has 1 aliphatic heterocycles. The lowest BCUT2D eigenvalue weighted by atomic mass is 10.0. The van der Waals surface area contributed by atoms with E-state index in [-0.39, 0.29) is 16.5 Å². The molecule has 0 amide bonds. The second-order valence-corrected chi connectivity index (χ2v) is 7.76. The SMILES string of the molecule is CCCNC(c1ccccc1)C(C)S(=O)C1CCOCC1. The molecule has 2 rings (SSSR count). The van der Waals surface area contributed by atoms with Gasteiger partial charge < -0.3 is 10.1 Å². The highest BCUT2D eigenvalue weighted by Gasteiger charge is 2.30. The molecule has 0 spiro atoms. The van der Waals surface area contributed by atoms with Crippen molar-refractivity contribution in [3.63, 3.8) is 0 Å². The van der Waals surface area contributed by atoms with Crippen molar-refractivity contribution < 1.29 is 8.95 Å². The van der Waals surface area contributed by atoms with Gasteiger partial charge in [0.2, 0.25) is 0 Å². The average molecular weight is 309 g/mol. The Morgan fingerprint density at radius 3 is 2.57 bits per heavy atom.